The zero-order valence-electron chi connectivity index (χ0n) is 21.3. The minimum absolute atomic E-state index is 0.434. The van der Waals surface area contributed by atoms with Crippen molar-refractivity contribution in [2.24, 2.45) is 0 Å². The summed E-state index contributed by atoms with van der Waals surface area (Å²) in [5.74, 6) is 6.39. The average Bonchev–Trinajstić information content (AvgIpc) is 2.74. The van der Waals surface area contributed by atoms with E-state index < -0.39 is 8.07 Å². The van der Waals surface area contributed by atoms with Gasteiger partial charge in [0.2, 0.25) is 0 Å². The third-order valence-corrected chi connectivity index (χ3v) is 12.4. The molecule has 0 saturated heterocycles. The first-order valence-corrected chi connectivity index (χ1v) is 13.8. The largest absolute Gasteiger partial charge is 0.382 e. The van der Waals surface area contributed by atoms with Crippen LogP contribution in [-0.2, 0) is 32.2 Å². The number of hydrogen-bond donors (Lipinski definition) is 0. The summed E-state index contributed by atoms with van der Waals surface area (Å²) in [6, 6.07) is 4.11. The van der Waals surface area contributed by atoms with Crippen LogP contribution < -0.4 is 0 Å². The maximum absolute atomic E-state index is 5.83. The van der Waals surface area contributed by atoms with Crippen molar-refractivity contribution in [2.45, 2.75) is 71.4 Å². The van der Waals surface area contributed by atoms with Crippen LogP contribution in [0.2, 0.25) is 16.6 Å². The van der Waals surface area contributed by atoms with Crippen LogP contribution in [0.5, 0.6) is 0 Å². The number of methoxy groups -OCH3 is 2. The fraction of sp³-hybridized carbons (Fsp3) is 0.630. The van der Waals surface area contributed by atoms with E-state index in [-0.39, 0.29) is 0 Å². The third-order valence-electron chi connectivity index (χ3n) is 6.14. The van der Waals surface area contributed by atoms with Gasteiger partial charge < -0.3 is 18.9 Å². The second kappa shape index (κ2) is 14.5. The highest BCUT2D eigenvalue weighted by Gasteiger charge is 2.41. The van der Waals surface area contributed by atoms with Crippen LogP contribution in [0.25, 0.3) is 0 Å². The molecule has 0 unspecified atom stereocenters. The van der Waals surface area contributed by atoms with Crippen molar-refractivity contribution in [1.82, 2.24) is 0 Å². The highest BCUT2D eigenvalue weighted by atomic mass is 28.3. The van der Waals surface area contributed by atoms with Crippen molar-refractivity contribution in [3.63, 3.8) is 0 Å². The molecule has 0 spiro atoms. The number of hydrogen-bond acceptors (Lipinski definition) is 4. The molecule has 178 valence electrons. The molecule has 4 nitrogen and oxygen atoms in total. The SMILES string of the molecule is C#Cc1cc(COCCOC)c(C#C[Si](C(C)C)(C(C)C)C(C)C)cc1COCCOC. The molecule has 0 saturated carbocycles. The van der Waals surface area contributed by atoms with Crippen LogP contribution in [0.1, 0.15) is 63.8 Å². The smallest absolute Gasteiger partial charge is 0.146 e. The van der Waals surface area contributed by atoms with Gasteiger partial charge in [-0.3, -0.25) is 0 Å². The molecule has 1 aromatic carbocycles. The fourth-order valence-electron chi connectivity index (χ4n) is 4.44. The lowest BCUT2D eigenvalue weighted by molar-refractivity contribution is 0.0604. The molecule has 0 aliphatic rings. The van der Waals surface area contributed by atoms with E-state index in [1.54, 1.807) is 14.2 Å². The molecule has 0 atom stereocenters. The molecule has 1 aromatic rings. The first-order valence-electron chi connectivity index (χ1n) is 11.5. The van der Waals surface area contributed by atoms with Crippen molar-refractivity contribution in [2.75, 3.05) is 40.6 Å². The van der Waals surface area contributed by atoms with E-state index in [4.69, 9.17) is 25.4 Å². The molecule has 0 heterocycles. The topological polar surface area (TPSA) is 36.9 Å². The van der Waals surface area contributed by atoms with Gasteiger partial charge in [-0.05, 0) is 39.9 Å². The number of terminal acetylenes is 1. The Hall–Kier alpha value is -1.60. The third kappa shape index (κ3) is 7.76. The van der Waals surface area contributed by atoms with E-state index in [0.29, 0.717) is 56.3 Å². The predicted molar refractivity (Wildman–Crippen MR) is 135 cm³/mol. The average molecular weight is 459 g/mol. The first-order chi connectivity index (χ1) is 15.2. The Balaban J connectivity index is 3.44. The summed E-state index contributed by atoms with van der Waals surface area (Å²) in [4.78, 5) is 0. The molecule has 32 heavy (non-hydrogen) atoms. The van der Waals surface area contributed by atoms with Gasteiger partial charge in [-0.2, -0.15) is 0 Å². The fourth-order valence-corrected chi connectivity index (χ4v) is 9.65. The highest BCUT2D eigenvalue weighted by molar-refractivity contribution is 6.90. The summed E-state index contributed by atoms with van der Waals surface area (Å²) in [5.41, 5.74) is 9.31. The Kier molecular flexibility index (Phi) is 12.9. The number of rotatable bonds is 13. The minimum atomic E-state index is -1.86. The van der Waals surface area contributed by atoms with E-state index in [0.717, 1.165) is 22.3 Å². The predicted octanol–water partition coefficient (Wildman–Crippen LogP) is 5.56. The lowest BCUT2D eigenvalue weighted by Gasteiger charge is -2.38. The highest BCUT2D eigenvalue weighted by Crippen LogP contribution is 2.40. The summed E-state index contributed by atoms with van der Waals surface area (Å²) < 4.78 is 21.8. The Labute approximate surface area is 197 Å². The van der Waals surface area contributed by atoms with Gasteiger partial charge in [-0.15, -0.1) is 12.0 Å². The first kappa shape index (κ1) is 28.4. The van der Waals surface area contributed by atoms with Gasteiger partial charge in [0.15, 0.2) is 0 Å². The van der Waals surface area contributed by atoms with Crippen LogP contribution in [0.4, 0.5) is 0 Å². The monoisotopic (exact) mass is 458 g/mol. The summed E-state index contributed by atoms with van der Waals surface area (Å²) in [6.45, 7) is 17.0. The van der Waals surface area contributed by atoms with Crippen molar-refractivity contribution < 1.29 is 18.9 Å². The van der Waals surface area contributed by atoms with Crippen molar-refractivity contribution in [1.29, 1.82) is 0 Å². The van der Waals surface area contributed by atoms with E-state index in [9.17, 15) is 0 Å². The molecule has 0 bridgehead atoms. The van der Waals surface area contributed by atoms with Gasteiger partial charge in [-0.25, -0.2) is 0 Å². The Morgan fingerprint density at radius 1 is 0.750 bits per heavy atom. The van der Waals surface area contributed by atoms with Crippen LogP contribution in [0, 0.1) is 23.8 Å². The van der Waals surface area contributed by atoms with E-state index in [1.807, 2.05) is 6.07 Å². The second-order valence-electron chi connectivity index (χ2n) is 9.05. The van der Waals surface area contributed by atoms with Crippen molar-refractivity contribution >= 4 is 8.07 Å². The molecular formula is C27H42O4Si. The lowest BCUT2D eigenvalue weighted by Crippen LogP contribution is -2.43. The molecule has 0 amide bonds. The molecule has 1 rings (SSSR count). The standard InChI is InChI=1S/C27H42O4Si/c1-10-24-17-27(20-31-15-13-29-9)25(18-26(24)19-30-14-12-28-8)11-16-32(21(2)3,22(4)5)23(6)7/h1,17-18,21-23H,12-15,19-20H2,2-9H3. The van der Waals surface area contributed by atoms with Gasteiger partial charge in [0.1, 0.15) is 8.07 Å². The molecule has 0 N–H and O–H groups in total. The maximum atomic E-state index is 5.83. The maximum Gasteiger partial charge on any atom is 0.146 e. The van der Waals surface area contributed by atoms with Crippen molar-refractivity contribution in [3.8, 4) is 23.8 Å². The normalized spacial score (nSPS) is 11.7. The van der Waals surface area contributed by atoms with Gasteiger partial charge >= 0.3 is 0 Å². The van der Waals surface area contributed by atoms with E-state index in [2.05, 4.69) is 65.0 Å². The molecule has 0 fully saturated rings. The number of ether oxygens (including phenoxy) is 4. The van der Waals surface area contributed by atoms with Crippen LogP contribution in [-0.4, -0.2) is 48.7 Å². The van der Waals surface area contributed by atoms with E-state index >= 15 is 0 Å². The van der Waals surface area contributed by atoms with Gasteiger partial charge in [0.25, 0.3) is 0 Å². The van der Waals surface area contributed by atoms with Gasteiger partial charge in [-0.1, -0.05) is 53.4 Å². The Morgan fingerprint density at radius 2 is 1.19 bits per heavy atom. The summed E-state index contributed by atoms with van der Waals surface area (Å²) in [6.07, 6.45) is 5.82. The molecule has 0 aromatic heterocycles. The second-order valence-corrected chi connectivity index (χ2v) is 14.6. The van der Waals surface area contributed by atoms with Crippen molar-refractivity contribution in [3.05, 3.63) is 34.4 Å². The van der Waals surface area contributed by atoms with Crippen LogP contribution in [0.15, 0.2) is 12.1 Å². The molecule has 0 radical (unpaired) electrons. The summed E-state index contributed by atoms with van der Waals surface area (Å²) >= 11 is 0. The van der Waals surface area contributed by atoms with Crippen LogP contribution >= 0.6 is 0 Å². The van der Waals surface area contributed by atoms with Gasteiger partial charge in [0, 0.05) is 25.3 Å². The number of benzene rings is 1. The quantitative estimate of drug-likeness (QED) is 0.220. The zero-order valence-corrected chi connectivity index (χ0v) is 22.3. The summed E-state index contributed by atoms with van der Waals surface area (Å²) in [5, 5.41) is 0. The summed E-state index contributed by atoms with van der Waals surface area (Å²) in [7, 11) is 1.47. The molecule has 0 aliphatic heterocycles. The lowest BCUT2D eigenvalue weighted by atomic mass is 9.99. The molecule has 5 heteroatoms. The van der Waals surface area contributed by atoms with E-state index in [1.165, 1.54) is 0 Å². The Morgan fingerprint density at radius 3 is 1.59 bits per heavy atom. The molecule has 0 aliphatic carbocycles. The Bertz CT molecular complexity index is 775. The van der Waals surface area contributed by atoms with Gasteiger partial charge in [0.05, 0.1) is 39.6 Å². The minimum Gasteiger partial charge on any atom is -0.382 e. The van der Waals surface area contributed by atoms with Crippen LogP contribution in [0.3, 0.4) is 0 Å². The zero-order chi connectivity index (χ0) is 24.1. The molecular weight excluding hydrogens is 416 g/mol.